The number of aromatic nitrogens is 1. The molecule has 0 aromatic carbocycles. The Labute approximate surface area is 119 Å². The van der Waals surface area contributed by atoms with E-state index in [0.717, 1.165) is 25.7 Å². The predicted octanol–water partition coefficient (Wildman–Crippen LogP) is 2.80. The van der Waals surface area contributed by atoms with Crippen LogP contribution in [0.3, 0.4) is 0 Å². The molecular formula is C16H20N2O2. The van der Waals surface area contributed by atoms with Gasteiger partial charge in [-0.25, -0.2) is 4.98 Å². The highest BCUT2D eigenvalue weighted by atomic mass is 16.5. The molecule has 20 heavy (non-hydrogen) atoms. The smallest absolute Gasteiger partial charge is 0.259 e. The minimum Gasteiger partial charge on any atom is -0.480 e. The van der Waals surface area contributed by atoms with Crippen LogP contribution in [0.2, 0.25) is 0 Å². The summed E-state index contributed by atoms with van der Waals surface area (Å²) in [6, 6.07) is 4.28. The molecule has 0 spiro atoms. The Morgan fingerprint density at radius 2 is 2.10 bits per heavy atom. The second kappa shape index (κ2) is 5.27. The van der Waals surface area contributed by atoms with E-state index in [2.05, 4.69) is 22.9 Å². The third kappa shape index (κ3) is 2.09. The van der Waals surface area contributed by atoms with E-state index in [9.17, 15) is 4.79 Å². The first-order valence-electron chi connectivity index (χ1n) is 7.20. The highest BCUT2D eigenvalue weighted by molar-refractivity contribution is 5.97. The Kier molecular flexibility index (Phi) is 3.47. The van der Waals surface area contributed by atoms with Crippen LogP contribution in [0.1, 0.15) is 43.0 Å². The van der Waals surface area contributed by atoms with Gasteiger partial charge in [0.15, 0.2) is 0 Å². The fraction of sp³-hybridized carbons (Fsp3) is 0.500. The Hall–Kier alpha value is -1.84. The number of carbonyl (C=O) groups is 1. The molecule has 2 atom stereocenters. The number of ether oxygens (including phenoxy) is 1. The van der Waals surface area contributed by atoms with Gasteiger partial charge >= 0.3 is 0 Å². The molecule has 4 nitrogen and oxygen atoms in total. The molecule has 4 heteroatoms. The maximum atomic E-state index is 12.8. The molecule has 0 aliphatic carbocycles. The number of rotatable bonds is 2. The van der Waals surface area contributed by atoms with Crippen molar-refractivity contribution in [3.05, 3.63) is 35.5 Å². The van der Waals surface area contributed by atoms with E-state index in [1.165, 1.54) is 5.57 Å². The van der Waals surface area contributed by atoms with Crippen LogP contribution in [-0.4, -0.2) is 35.0 Å². The molecule has 0 N–H and O–H groups in total. The van der Waals surface area contributed by atoms with Gasteiger partial charge in [-0.2, -0.15) is 0 Å². The Morgan fingerprint density at radius 1 is 1.40 bits per heavy atom. The summed E-state index contributed by atoms with van der Waals surface area (Å²) >= 11 is 0. The maximum absolute atomic E-state index is 12.8. The van der Waals surface area contributed by atoms with Gasteiger partial charge in [-0.15, -0.1) is 0 Å². The molecule has 3 rings (SSSR count). The molecule has 1 aromatic rings. The van der Waals surface area contributed by atoms with Crippen LogP contribution < -0.4 is 4.74 Å². The van der Waals surface area contributed by atoms with Gasteiger partial charge in [0.05, 0.1) is 7.11 Å². The van der Waals surface area contributed by atoms with Crippen LogP contribution in [0.15, 0.2) is 30.0 Å². The summed E-state index contributed by atoms with van der Waals surface area (Å²) < 4.78 is 5.22. The molecule has 1 amide bonds. The van der Waals surface area contributed by atoms with Crippen LogP contribution in [-0.2, 0) is 0 Å². The van der Waals surface area contributed by atoms with Gasteiger partial charge in [0.2, 0.25) is 5.88 Å². The summed E-state index contributed by atoms with van der Waals surface area (Å²) in [6.45, 7) is 2.09. The molecule has 2 aliphatic rings. The highest BCUT2D eigenvalue weighted by Gasteiger charge is 2.41. The number of methoxy groups -OCH3 is 1. The van der Waals surface area contributed by atoms with Crippen molar-refractivity contribution < 1.29 is 9.53 Å². The van der Waals surface area contributed by atoms with Crippen LogP contribution in [0, 0.1) is 0 Å². The molecule has 2 unspecified atom stereocenters. The zero-order valence-electron chi connectivity index (χ0n) is 12.0. The molecule has 2 bridgehead atoms. The lowest BCUT2D eigenvalue weighted by atomic mass is 9.96. The number of fused-ring (bicyclic) bond motifs is 2. The van der Waals surface area contributed by atoms with Gasteiger partial charge in [0.1, 0.15) is 5.56 Å². The van der Waals surface area contributed by atoms with Crippen molar-refractivity contribution in [3.8, 4) is 5.88 Å². The second-order valence-corrected chi connectivity index (χ2v) is 5.51. The molecule has 0 saturated carbocycles. The Morgan fingerprint density at radius 3 is 2.70 bits per heavy atom. The van der Waals surface area contributed by atoms with Gasteiger partial charge < -0.3 is 9.64 Å². The average Bonchev–Trinajstić information content (AvgIpc) is 2.76. The Balaban J connectivity index is 1.89. The SMILES string of the molecule is CC=C1CC2CCC(C1)N2C(=O)c1cccnc1OC. The second-order valence-electron chi connectivity index (χ2n) is 5.51. The van der Waals surface area contributed by atoms with E-state index >= 15 is 0 Å². The minimum atomic E-state index is 0.0672. The van der Waals surface area contributed by atoms with Crippen molar-refractivity contribution in [1.82, 2.24) is 9.88 Å². The maximum Gasteiger partial charge on any atom is 0.259 e. The number of hydrogen-bond donors (Lipinski definition) is 0. The van der Waals surface area contributed by atoms with Crippen LogP contribution in [0.5, 0.6) is 5.88 Å². The molecule has 2 fully saturated rings. The van der Waals surface area contributed by atoms with Gasteiger partial charge in [0, 0.05) is 18.3 Å². The lowest BCUT2D eigenvalue weighted by Crippen LogP contribution is -2.44. The predicted molar refractivity (Wildman–Crippen MR) is 76.8 cm³/mol. The van der Waals surface area contributed by atoms with Crippen molar-refractivity contribution >= 4 is 5.91 Å². The highest BCUT2D eigenvalue weighted by Crippen LogP contribution is 2.39. The van der Waals surface area contributed by atoms with Crippen molar-refractivity contribution in [2.45, 2.75) is 44.7 Å². The first-order chi connectivity index (χ1) is 9.74. The van der Waals surface area contributed by atoms with Gasteiger partial charge in [0.25, 0.3) is 5.91 Å². The van der Waals surface area contributed by atoms with Crippen LogP contribution in [0.25, 0.3) is 0 Å². The quantitative estimate of drug-likeness (QED) is 0.777. The summed E-state index contributed by atoms with van der Waals surface area (Å²) in [4.78, 5) is 19.0. The summed E-state index contributed by atoms with van der Waals surface area (Å²) in [5, 5.41) is 0. The third-order valence-corrected chi connectivity index (χ3v) is 4.45. The van der Waals surface area contributed by atoms with Crippen molar-refractivity contribution in [3.63, 3.8) is 0 Å². The zero-order chi connectivity index (χ0) is 14.1. The molecule has 106 valence electrons. The number of carbonyl (C=O) groups excluding carboxylic acids is 1. The standard InChI is InChI=1S/C16H20N2O2/c1-3-11-9-12-6-7-13(10-11)18(12)16(19)14-5-4-8-17-15(14)20-2/h3-5,8,12-13H,6-7,9-10H2,1-2H3. The average molecular weight is 272 g/mol. The Bertz CT molecular complexity index is 537. The summed E-state index contributed by atoms with van der Waals surface area (Å²) in [5.41, 5.74) is 2.07. The fourth-order valence-electron chi connectivity index (χ4n) is 3.47. The monoisotopic (exact) mass is 272 g/mol. The van der Waals surface area contributed by atoms with Crippen molar-refractivity contribution in [1.29, 1.82) is 0 Å². The third-order valence-electron chi connectivity index (χ3n) is 4.45. The van der Waals surface area contributed by atoms with E-state index in [4.69, 9.17) is 4.74 Å². The molecule has 2 aliphatic heterocycles. The van der Waals surface area contributed by atoms with E-state index in [1.807, 2.05) is 0 Å². The largest absolute Gasteiger partial charge is 0.480 e. The summed E-state index contributed by atoms with van der Waals surface area (Å²) in [5.74, 6) is 0.492. The lowest BCUT2D eigenvalue weighted by molar-refractivity contribution is 0.0630. The van der Waals surface area contributed by atoms with E-state index in [1.54, 1.807) is 25.4 Å². The van der Waals surface area contributed by atoms with E-state index < -0.39 is 0 Å². The molecular weight excluding hydrogens is 252 g/mol. The molecule has 1 aromatic heterocycles. The summed E-state index contributed by atoms with van der Waals surface area (Å²) in [6.07, 6.45) is 8.10. The normalized spacial score (nSPS) is 24.7. The van der Waals surface area contributed by atoms with Crippen LogP contribution >= 0.6 is 0 Å². The van der Waals surface area contributed by atoms with Crippen molar-refractivity contribution in [2.75, 3.05) is 7.11 Å². The number of nitrogens with zero attached hydrogens (tertiary/aromatic N) is 2. The fourth-order valence-corrected chi connectivity index (χ4v) is 3.47. The summed E-state index contributed by atoms with van der Waals surface area (Å²) in [7, 11) is 1.56. The number of hydrogen-bond acceptors (Lipinski definition) is 3. The first-order valence-corrected chi connectivity index (χ1v) is 7.20. The van der Waals surface area contributed by atoms with E-state index in [-0.39, 0.29) is 5.91 Å². The number of amides is 1. The minimum absolute atomic E-state index is 0.0672. The van der Waals surface area contributed by atoms with Crippen LogP contribution in [0.4, 0.5) is 0 Å². The van der Waals surface area contributed by atoms with Gasteiger partial charge in [-0.3, -0.25) is 4.79 Å². The zero-order valence-corrected chi connectivity index (χ0v) is 12.0. The van der Waals surface area contributed by atoms with Gasteiger partial charge in [-0.05, 0) is 44.7 Å². The lowest BCUT2D eigenvalue weighted by Gasteiger charge is -2.36. The number of piperidine rings is 1. The van der Waals surface area contributed by atoms with Crippen molar-refractivity contribution in [2.24, 2.45) is 0 Å². The molecule has 0 radical (unpaired) electrons. The first kappa shape index (κ1) is 13.2. The number of pyridine rings is 1. The van der Waals surface area contributed by atoms with Gasteiger partial charge in [-0.1, -0.05) is 11.6 Å². The topological polar surface area (TPSA) is 42.4 Å². The van der Waals surface area contributed by atoms with E-state index in [0.29, 0.717) is 23.5 Å². The molecule has 2 saturated heterocycles. The molecule has 3 heterocycles. The number of allylic oxidation sites excluding steroid dienone is 1.